The van der Waals surface area contributed by atoms with Crippen LogP contribution in [0.25, 0.3) is 0 Å². The highest BCUT2D eigenvalue weighted by molar-refractivity contribution is 5.34. The van der Waals surface area contributed by atoms with Crippen LogP contribution in [-0.2, 0) is 0 Å². The number of fused-ring (bicyclic) bond motifs is 7. The van der Waals surface area contributed by atoms with E-state index in [9.17, 15) is 10.2 Å². The van der Waals surface area contributed by atoms with Crippen LogP contribution in [0, 0.1) is 56.7 Å². The van der Waals surface area contributed by atoms with Crippen molar-refractivity contribution >= 4 is 0 Å². The maximum absolute atomic E-state index is 10.9. The van der Waals surface area contributed by atoms with Crippen LogP contribution in [0.3, 0.4) is 0 Å². The molecule has 2 N–H and O–H groups in total. The van der Waals surface area contributed by atoms with Gasteiger partial charge in [-0.15, -0.1) is 0 Å². The fourth-order valence-corrected chi connectivity index (χ4v) is 11.0. The second-order valence-electron chi connectivity index (χ2n) is 14.6. The molecule has 4 saturated carbocycles. The first kappa shape index (κ1) is 23.4. The maximum Gasteiger partial charge on any atom is 0.0594 e. The van der Waals surface area contributed by atoms with E-state index in [-0.39, 0.29) is 22.3 Å². The van der Waals surface area contributed by atoms with Crippen LogP contribution < -0.4 is 0 Å². The van der Waals surface area contributed by atoms with Crippen molar-refractivity contribution in [3.05, 3.63) is 11.6 Å². The van der Waals surface area contributed by atoms with Crippen molar-refractivity contribution in [2.75, 3.05) is 6.61 Å². The lowest BCUT2D eigenvalue weighted by Gasteiger charge is -2.70. The van der Waals surface area contributed by atoms with Crippen molar-refractivity contribution < 1.29 is 10.2 Å². The fraction of sp³-hybridized carbons (Fsp3) is 0.933. The van der Waals surface area contributed by atoms with Crippen molar-refractivity contribution in [2.24, 2.45) is 56.7 Å². The third kappa shape index (κ3) is 2.66. The van der Waals surface area contributed by atoms with Gasteiger partial charge in [-0.3, -0.25) is 0 Å². The molecule has 32 heavy (non-hydrogen) atoms. The number of aliphatic hydroxyl groups is 2. The second kappa shape index (κ2) is 7.09. The molecule has 182 valence electrons. The lowest BCUT2D eigenvalue weighted by molar-refractivity contribution is -0.202. The summed E-state index contributed by atoms with van der Waals surface area (Å²) in [6.07, 6.45) is 13.5. The van der Waals surface area contributed by atoms with Crippen LogP contribution in [0.5, 0.6) is 0 Å². The summed E-state index contributed by atoms with van der Waals surface area (Å²) in [5.74, 6) is 3.32. The zero-order valence-corrected chi connectivity index (χ0v) is 22.0. The molecular formula is C30H50O2. The molecule has 2 nitrogen and oxygen atoms in total. The summed E-state index contributed by atoms with van der Waals surface area (Å²) in [6.45, 7) is 17.8. The Labute approximate surface area is 197 Å². The first-order chi connectivity index (χ1) is 14.9. The standard InChI is InChI=1S/C30H50O2/c1-19(2)20-10-15-30(18-31)17-16-28(6)21(25(20)30)8-9-23-27(5)13-12-24(32)26(3,4)22(27)11-14-29(23,28)7/h8,19-20,22-25,31-32H,9-18H2,1-7H3. The summed E-state index contributed by atoms with van der Waals surface area (Å²) >= 11 is 0. The van der Waals surface area contributed by atoms with E-state index >= 15 is 0 Å². The summed E-state index contributed by atoms with van der Waals surface area (Å²) in [7, 11) is 0. The van der Waals surface area contributed by atoms with Crippen LogP contribution in [-0.4, -0.2) is 22.9 Å². The number of rotatable bonds is 2. The molecule has 4 fully saturated rings. The average molecular weight is 443 g/mol. The first-order valence-electron chi connectivity index (χ1n) is 13.9. The van der Waals surface area contributed by atoms with Crippen molar-refractivity contribution in [1.29, 1.82) is 0 Å². The van der Waals surface area contributed by atoms with Gasteiger partial charge in [-0.2, -0.15) is 0 Å². The van der Waals surface area contributed by atoms with Gasteiger partial charge in [0.15, 0.2) is 0 Å². The van der Waals surface area contributed by atoms with Gasteiger partial charge in [-0.1, -0.05) is 60.1 Å². The number of hydrogen-bond acceptors (Lipinski definition) is 2. The first-order valence-corrected chi connectivity index (χ1v) is 13.9. The molecule has 2 heteroatoms. The second-order valence-corrected chi connectivity index (χ2v) is 14.6. The third-order valence-corrected chi connectivity index (χ3v) is 13.2. The quantitative estimate of drug-likeness (QED) is 0.452. The van der Waals surface area contributed by atoms with E-state index in [0.717, 1.165) is 12.3 Å². The summed E-state index contributed by atoms with van der Waals surface area (Å²) in [4.78, 5) is 0. The Morgan fingerprint density at radius 1 is 0.906 bits per heavy atom. The maximum atomic E-state index is 10.9. The molecule has 5 aliphatic rings. The SMILES string of the molecule is CC(C)C1CCC2(CO)CCC3(C)C(=CCC4C5(C)CCC(O)C(C)(C)C5CCC43C)C12. The summed E-state index contributed by atoms with van der Waals surface area (Å²) in [5, 5.41) is 21.5. The van der Waals surface area contributed by atoms with Gasteiger partial charge in [0, 0.05) is 12.0 Å². The minimum absolute atomic E-state index is 0.0199. The van der Waals surface area contributed by atoms with Gasteiger partial charge in [-0.25, -0.2) is 0 Å². The van der Waals surface area contributed by atoms with Crippen molar-refractivity contribution in [3.63, 3.8) is 0 Å². The lowest BCUT2D eigenvalue weighted by Crippen LogP contribution is -2.64. The Balaban J connectivity index is 1.59. The molecule has 5 rings (SSSR count). The molecule has 0 aromatic carbocycles. The van der Waals surface area contributed by atoms with Gasteiger partial charge < -0.3 is 10.2 Å². The van der Waals surface area contributed by atoms with Crippen LogP contribution >= 0.6 is 0 Å². The zero-order chi connectivity index (χ0) is 23.3. The number of aliphatic hydroxyl groups excluding tert-OH is 2. The highest BCUT2D eigenvalue weighted by Gasteiger charge is 2.68. The predicted molar refractivity (Wildman–Crippen MR) is 132 cm³/mol. The number of hydrogen-bond donors (Lipinski definition) is 2. The molecule has 9 atom stereocenters. The van der Waals surface area contributed by atoms with E-state index in [2.05, 4.69) is 54.5 Å². The molecule has 0 heterocycles. The predicted octanol–water partition coefficient (Wildman–Crippen LogP) is 7.00. The third-order valence-electron chi connectivity index (χ3n) is 13.2. The van der Waals surface area contributed by atoms with Crippen molar-refractivity contribution in [2.45, 2.75) is 112 Å². The molecule has 9 unspecified atom stereocenters. The molecule has 0 aliphatic heterocycles. The highest BCUT2D eigenvalue weighted by atomic mass is 16.3. The Morgan fingerprint density at radius 3 is 2.28 bits per heavy atom. The molecule has 0 aromatic rings. The minimum atomic E-state index is -0.152. The van der Waals surface area contributed by atoms with Crippen LogP contribution in [0.4, 0.5) is 0 Å². The number of allylic oxidation sites excluding steroid dienone is 2. The van der Waals surface area contributed by atoms with E-state index in [1.165, 1.54) is 51.4 Å². The zero-order valence-electron chi connectivity index (χ0n) is 22.0. The minimum Gasteiger partial charge on any atom is -0.396 e. The molecule has 0 amide bonds. The molecule has 0 aromatic heterocycles. The highest BCUT2D eigenvalue weighted by Crippen LogP contribution is 2.76. The van der Waals surface area contributed by atoms with E-state index in [1.54, 1.807) is 5.57 Å². The molecule has 0 spiro atoms. The van der Waals surface area contributed by atoms with Crippen LogP contribution in [0.15, 0.2) is 11.6 Å². The monoisotopic (exact) mass is 442 g/mol. The molecule has 5 aliphatic carbocycles. The summed E-state index contributed by atoms with van der Waals surface area (Å²) in [5.41, 5.74) is 2.81. The van der Waals surface area contributed by atoms with E-state index in [0.29, 0.717) is 41.1 Å². The Kier molecular flexibility index (Phi) is 5.19. The van der Waals surface area contributed by atoms with Crippen LogP contribution in [0.2, 0.25) is 0 Å². The van der Waals surface area contributed by atoms with Gasteiger partial charge in [0.05, 0.1) is 6.10 Å². The molecular weight excluding hydrogens is 392 g/mol. The van der Waals surface area contributed by atoms with Gasteiger partial charge in [0.1, 0.15) is 0 Å². The Bertz CT molecular complexity index is 797. The van der Waals surface area contributed by atoms with Gasteiger partial charge in [0.2, 0.25) is 0 Å². The summed E-state index contributed by atoms with van der Waals surface area (Å²) in [6, 6.07) is 0. The smallest absolute Gasteiger partial charge is 0.0594 e. The summed E-state index contributed by atoms with van der Waals surface area (Å²) < 4.78 is 0. The molecule has 0 bridgehead atoms. The van der Waals surface area contributed by atoms with Crippen LogP contribution in [0.1, 0.15) is 106 Å². The Morgan fingerprint density at radius 2 is 1.62 bits per heavy atom. The van der Waals surface area contributed by atoms with Gasteiger partial charge in [0.25, 0.3) is 0 Å². The Hall–Kier alpha value is -0.340. The van der Waals surface area contributed by atoms with E-state index < -0.39 is 0 Å². The van der Waals surface area contributed by atoms with E-state index in [4.69, 9.17) is 0 Å². The van der Waals surface area contributed by atoms with Gasteiger partial charge in [-0.05, 0) is 109 Å². The lowest BCUT2D eigenvalue weighted by atomic mass is 9.34. The van der Waals surface area contributed by atoms with Crippen molar-refractivity contribution in [1.82, 2.24) is 0 Å². The topological polar surface area (TPSA) is 40.5 Å². The van der Waals surface area contributed by atoms with Gasteiger partial charge >= 0.3 is 0 Å². The fourth-order valence-electron chi connectivity index (χ4n) is 11.0. The largest absolute Gasteiger partial charge is 0.396 e. The average Bonchev–Trinajstić information content (AvgIpc) is 3.12. The van der Waals surface area contributed by atoms with Crippen molar-refractivity contribution in [3.8, 4) is 0 Å². The normalized spacial score (nSPS) is 54.3. The van der Waals surface area contributed by atoms with E-state index in [1.807, 2.05) is 0 Å². The molecule has 0 saturated heterocycles. The molecule has 0 radical (unpaired) electrons.